The van der Waals surface area contributed by atoms with Crippen LogP contribution in [-0.4, -0.2) is 49.0 Å². The molecule has 1 aromatic carbocycles. The summed E-state index contributed by atoms with van der Waals surface area (Å²) in [6.07, 6.45) is 1.22. The molecule has 1 fully saturated rings. The summed E-state index contributed by atoms with van der Waals surface area (Å²) in [5, 5.41) is 17.2. The molecule has 0 bridgehead atoms. The zero-order valence-electron chi connectivity index (χ0n) is 13.9. The lowest BCUT2D eigenvalue weighted by atomic mass is 10.1. The second kappa shape index (κ2) is 9.30. The van der Waals surface area contributed by atoms with Crippen molar-refractivity contribution >= 4 is 11.3 Å². The Morgan fingerprint density at radius 2 is 2.17 bits per heavy atom. The highest BCUT2D eigenvalue weighted by molar-refractivity contribution is 7.07. The van der Waals surface area contributed by atoms with E-state index in [1.54, 1.807) is 11.3 Å². The molecule has 1 aliphatic heterocycles. The van der Waals surface area contributed by atoms with Gasteiger partial charge in [0.2, 0.25) is 0 Å². The number of hydrogen-bond acceptors (Lipinski definition) is 5. The minimum Gasteiger partial charge on any atom is -0.394 e. The fraction of sp³-hybridized carbons (Fsp3) is 0.474. The van der Waals surface area contributed by atoms with Gasteiger partial charge in [0.15, 0.2) is 0 Å². The Morgan fingerprint density at radius 1 is 1.29 bits per heavy atom. The first-order chi connectivity index (χ1) is 11.8. The molecule has 1 saturated heterocycles. The number of aliphatic hydroxyl groups is 1. The number of nitrogens with zero attached hydrogens (tertiary/aromatic N) is 1. The molecule has 0 amide bonds. The Bertz CT molecular complexity index is 576. The van der Waals surface area contributed by atoms with Crippen LogP contribution in [0.5, 0.6) is 0 Å². The second-order valence-electron chi connectivity index (χ2n) is 6.27. The molecule has 2 unspecified atom stereocenters. The SMILES string of the molecule is OCC(NCC1CN(Cc2ccccc2)CCCO1)c1ccsc1. The van der Waals surface area contributed by atoms with Crippen molar-refractivity contribution in [2.45, 2.75) is 25.1 Å². The highest BCUT2D eigenvalue weighted by Crippen LogP contribution is 2.16. The Hall–Kier alpha value is -1.24. The van der Waals surface area contributed by atoms with Crippen LogP contribution in [-0.2, 0) is 11.3 Å². The molecular formula is C19H26N2O2S. The van der Waals surface area contributed by atoms with Crippen LogP contribution in [0.15, 0.2) is 47.2 Å². The smallest absolute Gasteiger partial charge is 0.0826 e. The number of hydrogen-bond donors (Lipinski definition) is 2. The van der Waals surface area contributed by atoms with Crippen molar-refractivity contribution in [3.05, 3.63) is 58.3 Å². The molecule has 1 aliphatic rings. The van der Waals surface area contributed by atoms with Crippen LogP contribution in [0.1, 0.15) is 23.6 Å². The van der Waals surface area contributed by atoms with Gasteiger partial charge in [-0.15, -0.1) is 0 Å². The lowest BCUT2D eigenvalue weighted by Crippen LogP contribution is -2.39. The molecular weight excluding hydrogens is 320 g/mol. The topological polar surface area (TPSA) is 44.7 Å². The summed E-state index contributed by atoms with van der Waals surface area (Å²) in [4.78, 5) is 2.47. The summed E-state index contributed by atoms with van der Waals surface area (Å²) in [7, 11) is 0. The normalized spacial score (nSPS) is 20.6. The maximum atomic E-state index is 9.62. The average Bonchev–Trinajstić information content (AvgIpc) is 3.05. The summed E-state index contributed by atoms with van der Waals surface area (Å²) in [6, 6.07) is 12.7. The van der Waals surface area contributed by atoms with Gasteiger partial charge in [0.25, 0.3) is 0 Å². The molecule has 4 nitrogen and oxygen atoms in total. The number of nitrogens with one attached hydrogen (secondary N) is 1. The minimum absolute atomic E-state index is 0.00863. The minimum atomic E-state index is -0.00863. The maximum absolute atomic E-state index is 9.62. The largest absolute Gasteiger partial charge is 0.394 e. The van der Waals surface area contributed by atoms with Gasteiger partial charge in [-0.25, -0.2) is 0 Å². The first-order valence-corrected chi connectivity index (χ1v) is 9.53. The van der Waals surface area contributed by atoms with E-state index in [0.717, 1.165) is 44.8 Å². The van der Waals surface area contributed by atoms with Gasteiger partial charge in [0.1, 0.15) is 0 Å². The Labute approximate surface area is 148 Å². The lowest BCUT2D eigenvalue weighted by Gasteiger charge is -2.25. The molecule has 24 heavy (non-hydrogen) atoms. The van der Waals surface area contributed by atoms with Crippen molar-refractivity contribution in [3.63, 3.8) is 0 Å². The highest BCUT2D eigenvalue weighted by Gasteiger charge is 2.20. The number of rotatable bonds is 7. The van der Waals surface area contributed by atoms with Crippen LogP contribution >= 0.6 is 11.3 Å². The van der Waals surface area contributed by atoms with Crippen molar-refractivity contribution in [1.29, 1.82) is 0 Å². The van der Waals surface area contributed by atoms with Crippen LogP contribution in [0.4, 0.5) is 0 Å². The van der Waals surface area contributed by atoms with Crippen LogP contribution in [0.2, 0.25) is 0 Å². The van der Waals surface area contributed by atoms with Gasteiger partial charge in [-0.3, -0.25) is 4.90 Å². The molecule has 0 aliphatic carbocycles. The number of benzene rings is 1. The van der Waals surface area contributed by atoms with E-state index in [0.29, 0.717) is 0 Å². The van der Waals surface area contributed by atoms with Crippen molar-refractivity contribution in [2.24, 2.45) is 0 Å². The van der Waals surface area contributed by atoms with Gasteiger partial charge in [-0.2, -0.15) is 11.3 Å². The maximum Gasteiger partial charge on any atom is 0.0826 e. The van der Waals surface area contributed by atoms with E-state index in [1.165, 1.54) is 5.56 Å². The van der Waals surface area contributed by atoms with Gasteiger partial charge >= 0.3 is 0 Å². The van der Waals surface area contributed by atoms with Crippen molar-refractivity contribution < 1.29 is 9.84 Å². The standard InChI is InChI=1S/C19H26N2O2S/c22-14-19(17-7-10-24-15-17)20-11-18-13-21(8-4-9-23-18)12-16-5-2-1-3-6-16/h1-3,5-7,10,15,18-20,22H,4,8-9,11-14H2. The fourth-order valence-electron chi connectivity index (χ4n) is 3.11. The van der Waals surface area contributed by atoms with Crippen LogP contribution < -0.4 is 5.32 Å². The number of thiophene rings is 1. The third-order valence-electron chi connectivity index (χ3n) is 4.40. The number of aliphatic hydroxyl groups excluding tert-OH is 1. The summed E-state index contributed by atoms with van der Waals surface area (Å²) in [5.74, 6) is 0. The van der Waals surface area contributed by atoms with Gasteiger partial charge in [0.05, 0.1) is 18.8 Å². The van der Waals surface area contributed by atoms with Gasteiger partial charge in [-0.05, 0) is 34.4 Å². The van der Waals surface area contributed by atoms with E-state index in [9.17, 15) is 5.11 Å². The first-order valence-electron chi connectivity index (χ1n) is 8.59. The van der Waals surface area contributed by atoms with Crippen molar-refractivity contribution in [2.75, 3.05) is 32.8 Å². The second-order valence-corrected chi connectivity index (χ2v) is 7.05. The third kappa shape index (κ3) is 5.13. The average molecular weight is 346 g/mol. The quantitative estimate of drug-likeness (QED) is 0.809. The Kier molecular flexibility index (Phi) is 6.81. The summed E-state index contributed by atoms with van der Waals surface area (Å²) in [6.45, 7) is 4.63. The molecule has 0 saturated carbocycles. The van der Waals surface area contributed by atoms with Gasteiger partial charge < -0.3 is 15.2 Å². The first kappa shape index (κ1) is 17.6. The van der Waals surface area contributed by atoms with E-state index in [2.05, 4.69) is 52.0 Å². The fourth-order valence-corrected chi connectivity index (χ4v) is 3.83. The lowest BCUT2D eigenvalue weighted by molar-refractivity contribution is 0.0497. The molecule has 2 atom stereocenters. The van der Waals surface area contributed by atoms with E-state index in [-0.39, 0.29) is 18.8 Å². The summed E-state index contributed by atoms with van der Waals surface area (Å²) >= 11 is 1.66. The van der Waals surface area contributed by atoms with Crippen LogP contribution in [0, 0.1) is 0 Å². The molecule has 3 rings (SSSR count). The van der Waals surface area contributed by atoms with E-state index in [4.69, 9.17) is 4.74 Å². The molecule has 130 valence electrons. The molecule has 2 aromatic rings. The summed E-state index contributed by atoms with van der Waals surface area (Å²) in [5.41, 5.74) is 2.50. The molecule has 0 radical (unpaired) electrons. The van der Waals surface area contributed by atoms with Gasteiger partial charge in [-0.1, -0.05) is 30.3 Å². The predicted molar refractivity (Wildman–Crippen MR) is 98.2 cm³/mol. The predicted octanol–water partition coefficient (Wildman–Crippen LogP) is 2.66. The monoisotopic (exact) mass is 346 g/mol. The molecule has 5 heteroatoms. The third-order valence-corrected chi connectivity index (χ3v) is 5.10. The summed E-state index contributed by atoms with van der Waals surface area (Å²) < 4.78 is 6.00. The van der Waals surface area contributed by atoms with Gasteiger partial charge in [0, 0.05) is 32.8 Å². The molecule has 1 aromatic heterocycles. The molecule has 2 heterocycles. The van der Waals surface area contributed by atoms with E-state index < -0.39 is 0 Å². The van der Waals surface area contributed by atoms with E-state index >= 15 is 0 Å². The van der Waals surface area contributed by atoms with Crippen LogP contribution in [0.25, 0.3) is 0 Å². The van der Waals surface area contributed by atoms with Crippen LogP contribution in [0.3, 0.4) is 0 Å². The number of ether oxygens (including phenoxy) is 1. The Balaban J connectivity index is 1.53. The van der Waals surface area contributed by atoms with E-state index in [1.807, 2.05) is 5.38 Å². The molecule has 2 N–H and O–H groups in total. The van der Waals surface area contributed by atoms with Crippen molar-refractivity contribution in [1.82, 2.24) is 10.2 Å². The Morgan fingerprint density at radius 3 is 2.92 bits per heavy atom. The highest BCUT2D eigenvalue weighted by atomic mass is 32.1. The molecule has 0 spiro atoms. The zero-order valence-corrected chi connectivity index (χ0v) is 14.8. The zero-order chi connectivity index (χ0) is 16.6. The van der Waals surface area contributed by atoms with Crippen molar-refractivity contribution in [3.8, 4) is 0 Å².